The molecule has 0 aliphatic rings. The number of anilines is 1. The van der Waals surface area contributed by atoms with Gasteiger partial charge >= 0.3 is 0 Å². The van der Waals surface area contributed by atoms with Crippen molar-refractivity contribution in [2.45, 2.75) is 6.92 Å². The number of carbonyl (C=O) groups excluding carboxylic acids is 2. The average Bonchev–Trinajstić information content (AvgIpc) is 3.15. The predicted molar refractivity (Wildman–Crippen MR) is 119 cm³/mol. The number of benzene rings is 1. The monoisotopic (exact) mass is 496 g/mol. The minimum Gasteiger partial charge on any atom is -0.341 e. The highest BCUT2D eigenvalue weighted by Gasteiger charge is 2.21. The Morgan fingerprint density at radius 3 is 2.74 bits per heavy atom. The van der Waals surface area contributed by atoms with Crippen molar-refractivity contribution in [3.8, 4) is 24.2 Å². The van der Waals surface area contributed by atoms with Gasteiger partial charge in [0.1, 0.15) is 10.3 Å². The van der Waals surface area contributed by atoms with Gasteiger partial charge in [0.2, 0.25) is 0 Å². The maximum Gasteiger partial charge on any atom is 0.274 e. The summed E-state index contributed by atoms with van der Waals surface area (Å²) < 4.78 is 1.73. The summed E-state index contributed by atoms with van der Waals surface area (Å²) in [7, 11) is 0. The van der Waals surface area contributed by atoms with Crippen molar-refractivity contribution in [3.05, 3.63) is 68.5 Å². The number of pyridine rings is 1. The summed E-state index contributed by atoms with van der Waals surface area (Å²) >= 11 is 9.29. The zero-order valence-electron chi connectivity index (χ0n) is 16.1. The molecule has 8 nitrogen and oxygen atoms in total. The largest absolute Gasteiger partial charge is 0.341 e. The van der Waals surface area contributed by atoms with Gasteiger partial charge in [-0.05, 0) is 46.6 Å². The Bertz CT molecular complexity index is 1270. The number of terminal acetylenes is 1. The molecular formula is C21H14BrClN6O2. The molecule has 2 heterocycles. The molecule has 0 aliphatic carbocycles. The summed E-state index contributed by atoms with van der Waals surface area (Å²) in [4.78, 5) is 29.9. The highest BCUT2D eigenvalue weighted by Crippen LogP contribution is 2.25. The summed E-state index contributed by atoms with van der Waals surface area (Å²) in [5, 5.41) is 19.2. The van der Waals surface area contributed by atoms with Crippen LogP contribution in [0.5, 0.6) is 0 Å². The lowest BCUT2D eigenvalue weighted by atomic mass is 10.0. The number of aromatic nitrogens is 3. The molecule has 2 N–H and O–H groups in total. The Morgan fingerprint density at radius 2 is 2.06 bits per heavy atom. The van der Waals surface area contributed by atoms with Crippen LogP contribution in [0.25, 0.3) is 5.82 Å². The van der Waals surface area contributed by atoms with E-state index in [1.165, 1.54) is 23.0 Å². The van der Waals surface area contributed by atoms with Crippen LogP contribution in [0.15, 0.2) is 41.1 Å². The maximum atomic E-state index is 13.1. The molecule has 0 saturated heterocycles. The molecule has 0 unspecified atom stereocenters. The Labute approximate surface area is 191 Å². The standard InChI is InChI=1S/C21H14BrClN6O2/c1-3-5-26-20(30)15-8-13(11-24)7-12(2)19(15)27-21(31)16-10-17(22)28-29(16)18-9-14(23)4-6-25-18/h1,4,6-10H,5H2,2H3,(H,26,30)(H,27,31). The van der Waals surface area contributed by atoms with Gasteiger partial charge in [0.25, 0.3) is 11.8 Å². The summed E-state index contributed by atoms with van der Waals surface area (Å²) in [5.74, 6) is 1.59. The van der Waals surface area contributed by atoms with Crippen LogP contribution in [0.3, 0.4) is 0 Å². The lowest BCUT2D eigenvalue weighted by Gasteiger charge is -2.15. The quantitative estimate of drug-likeness (QED) is 0.524. The lowest BCUT2D eigenvalue weighted by molar-refractivity contribution is 0.0959. The Balaban J connectivity index is 2.03. The molecule has 0 fully saturated rings. The van der Waals surface area contributed by atoms with Crippen LogP contribution in [0.1, 0.15) is 32.0 Å². The molecule has 10 heteroatoms. The van der Waals surface area contributed by atoms with Gasteiger partial charge in [-0.1, -0.05) is 17.5 Å². The number of amides is 2. The molecule has 0 spiro atoms. The first-order valence-corrected chi connectivity index (χ1v) is 9.96. The van der Waals surface area contributed by atoms with Gasteiger partial charge in [-0.2, -0.15) is 10.4 Å². The van der Waals surface area contributed by atoms with E-state index in [1.54, 1.807) is 25.1 Å². The van der Waals surface area contributed by atoms with Crippen molar-refractivity contribution in [1.82, 2.24) is 20.1 Å². The number of nitriles is 1. The first-order valence-electron chi connectivity index (χ1n) is 8.79. The molecule has 0 saturated carbocycles. The van der Waals surface area contributed by atoms with Crippen molar-refractivity contribution in [1.29, 1.82) is 5.26 Å². The van der Waals surface area contributed by atoms with Gasteiger partial charge in [-0.3, -0.25) is 9.59 Å². The van der Waals surface area contributed by atoms with Gasteiger partial charge in [0.05, 0.1) is 29.4 Å². The smallest absolute Gasteiger partial charge is 0.274 e. The fourth-order valence-electron chi connectivity index (χ4n) is 2.80. The number of nitrogens with one attached hydrogen (secondary N) is 2. The van der Waals surface area contributed by atoms with E-state index in [2.05, 4.69) is 42.6 Å². The van der Waals surface area contributed by atoms with Gasteiger partial charge < -0.3 is 10.6 Å². The summed E-state index contributed by atoms with van der Waals surface area (Å²) in [6.07, 6.45) is 6.70. The third-order valence-electron chi connectivity index (χ3n) is 4.14. The maximum absolute atomic E-state index is 13.1. The highest BCUT2D eigenvalue weighted by atomic mass is 79.9. The Morgan fingerprint density at radius 1 is 1.29 bits per heavy atom. The van der Waals surface area contributed by atoms with Gasteiger partial charge in [-0.15, -0.1) is 6.42 Å². The van der Waals surface area contributed by atoms with Crippen molar-refractivity contribution < 1.29 is 9.59 Å². The van der Waals surface area contributed by atoms with Gasteiger partial charge in [0.15, 0.2) is 5.82 Å². The molecule has 0 radical (unpaired) electrons. The van der Waals surface area contributed by atoms with Crippen LogP contribution in [0.4, 0.5) is 5.69 Å². The van der Waals surface area contributed by atoms with Crippen molar-refractivity contribution >= 4 is 45.0 Å². The first-order chi connectivity index (χ1) is 14.8. The summed E-state index contributed by atoms with van der Waals surface area (Å²) in [5.41, 5.74) is 1.33. The molecule has 0 aliphatic heterocycles. The van der Waals surface area contributed by atoms with E-state index >= 15 is 0 Å². The SMILES string of the molecule is C#CCNC(=O)c1cc(C#N)cc(C)c1NC(=O)c1cc(Br)nn1-c1cc(Cl)ccn1. The molecule has 3 aromatic rings. The Kier molecular flexibility index (Phi) is 6.71. The number of hydrogen-bond donors (Lipinski definition) is 2. The third kappa shape index (κ3) is 4.92. The highest BCUT2D eigenvalue weighted by molar-refractivity contribution is 9.10. The van der Waals surface area contributed by atoms with Gasteiger partial charge in [0, 0.05) is 23.4 Å². The average molecular weight is 498 g/mol. The Hall–Kier alpha value is -3.66. The topological polar surface area (TPSA) is 113 Å². The first kappa shape index (κ1) is 22.0. The van der Waals surface area contributed by atoms with Crippen molar-refractivity contribution in [2.24, 2.45) is 0 Å². The number of carbonyl (C=O) groups is 2. The molecule has 0 atom stereocenters. The van der Waals surface area contributed by atoms with E-state index in [-0.39, 0.29) is 29.1 Å². The number of rotatable bonds is 5. The summed E-state index contributed by atoms with van der Waals surface area (Å²) in [6.45, 7) is 1.68. The van der Waals surface area contributed by atoms with Crippen LogP contribution in [0, 0.1) is 30.6 Å². The van der Waals surface area contributed by atoms with Crippen LogP contribution < -0.4 is 10.6 Å². The summed E-state index contributed by atoms with van der Waals surface area (Å²) in [6, 6.07) is 9.62. The fraction of sp³-hybridized carbons (Fsp3) is 0.0952. The van der Waals surface area contributed by atoms with Crippen LogP contribution in [-0.4, -0.2) is 33.1 Å². The fourth-order valence-corrected chi connectivity index (χ4v) is 3.33. The number of halogens is 2. The molecule has 0 bridgehead atoms. The van der Waals surface area contributed by atoms with Crippen LogP contribution >= 0.6 is 27.5 Å². The lowest BCUT2D eigenvalue weighted by Crippen LogP contribution is -2.26. The van der Waals surface area contributed by atoms with E-state index in [0.29, 0.717) is 21.0 Å². The number of aryl methyl sites for hydroxylation is 1. The molecule has 3 rings (SSSR count). The number of nitrogens with zero attached hydrogens (tertiary/aromatic N) is 4. The molecule has 31 heavy (non-hydrogen) atoms. The van der Waals surface area contributed by atoms with Gasteiger partial charge in [-0.25, -0.2) is 9.67 Å². The molecule has 2 aromatic heterocycles. The predicted octanol–water partition coefficient (Wildman–Crippen LogP) is 3.48. The second kappa shape index (κ2) is 9.43. The zero-order chi connectivity index (χ0) is 22.5. The van der Waals surface area contributed by atoms with E-state index in [4.69, 9.17) is 18.0 Å². The van der Waals surface area contributed by atoms with Crippen LogP contribution in [0.2, 0.25) is 5.02 Å². The second-order valence-corrected chi connectivity index (χ2v) is 7.51. The van der Waals surface area contributed by atoms with Crippen LogP contribution in [-0.2, 0) is 0 Å². The third-order valence-corrected chi connectivity index (χ3v) is 4.76. The molecule has 154 valence electrons. The van der Waals surface area contributed by atoms with Crippen molar-refractivity contribution in [3.63, 3.8) is 0 Å². The van der Waals surface area contributed by atoms with Crippen molar-refractivity contribution in [2.75, 3.05) is 11.9 Å². The van der Waals surface area contributed by atoms with E-state index < -0.39 is 11.8 Å². The van der Waals surface area contributed by atoms with E-state index in [0.717, 1.165) is 0 Å². The molecule has 1 aromatic carbocycles. The van der Waals surface area contributed by atoms with E-state index in [1.807, 2.05) is 6.07 Å². The second-order valence-electron chi connectivity index (χ2n) is 6.26. The minimum absolute atomic E-state index is 0.00218. The minimum atomic E-state index is -0.543. The normalized spacial score (nSPS) is 10.1. The molecular weight excluding hydrogens is 484 g/mol. The molecule has 2 amide bonds. The zero-order valence-corrected chi connectivity index (χ0v) is 18.5. The number of hydrogen-bond acceptors (Lipinski definition) is 5. The van der Waals surface area contributed by atoms with E-state index in [9.17, 15) is 14.9 Å².